The van der Waals surface area contributed by atoms with Crippen LogP contribution in [0, 0.1) is 0 Å². The predicted octanol–water partition coefficient (Wildman–Crippen LogP) is 1.21. The molecule has 4 nitrogen and oxygen atoms in total. The van der Waals surface area contributed by atoms with Gasteiger partial charge >= 0.3 is 0 Å². The Morgan fingerprint density at radius 3 is 2.79 bits per heavy atom. The summed E-state index contributed by atoms with van der Waals surface area (Å²) < 4.78 is 10.5. The summed E-state index contributed by atoms with van der Waals surface area (Å²) in [5.41, 5.74) is 5.41. The smallest absolute Gasteiger partial charge is 0.257 e. The number of nitrogens with zero attached hydrogens (tertiary/aromatic N) is 1. The highest BCUT2D eigenvalue weighted by molar-refractivity contribution is 5.32. The molecule has 0 aromatic carbocycles. The molecule has 14 heavy (non-hydrogen) atoms. The highest BCUT2D eigenvalue weighted by atomic mass is 16.5. The minimum absolute atomic E-state index is 0.372. The van der Waals surface area contributed by atoms with Crippen molar-refractivity contribution in [2.75, 3.05) is 13.7 Å². The van der Waals surface area contributed by atoms with Crippen molar-refractivity contribution in [3.63, 3.8) is 0 Å². The van der Waals surface area contributed by atoms with Crippen molar-refractivity contribution in [1.82, 2.24) is 4.98 Å². The molecule has 0 radical (unpaired) electrons. The lowest BCUT2D eigenvalue weighted by atomic mass is 10.1. The lowest BCUT2D eigenvalue weighted by Crippen LogP contribution is -2.38. The Morgan fingerprint density at radius 2 is 2.21 bits per heavy atom. The second-order valence-corrected chi connectivity index (χ2v) is 3.79. The van der Waals surface area contributed by atoms with E-state index in [0.29, 0.717) is 18.2 Å². The summed E-state index contributed by atoms with van der Waals surface area (Å²) in [6.45, 7) is 4.19. The second kappa shape index (κ2) is 4.28. The molecule has 0 saturated heterocycles. The Morgan fingerprint density at radius 1 is 1.50 bits per heavy atom. The highest BCUT2D eigenvalue weighted by Crippen LogP contribution is 2.23. The molecule has 1 rings (SSSR count). The van der Waals surface area contributed by atoms with Crippen molar-refractivity contribution in [3.8, 4) is 11.6 Å². The summed E-state index contributed by atoms with van der Waals surface area (Å²) in [6.07, 6.45) is 1.65. The average molecular weight is 196 g/mol. The van der Waals surface area contributed by atoms with Crippen molar-refractivity contribution in [2.24, 2.45) is 5.73 Å². The van der Waals surface area contributed by atoms with Crippen molar-refractivity contribution >= 4 is 0 Å². The molecule has 78 valence electrons. The molecule has 0 aliphatic rings. The van der Waals surface area contributed by atoms with Gasteiger partial charge in [-0.05, 0) is 26.0 Å². The molecule has 0 spiro atoms. The Labute approximate surface area is 84.0 Å². The molecule has 0 atom stereocenters. The lowest BCUT2D eigenvalue weighted by molar-refractivity contribution is 0.224. The molecule has 0 aliphatic heterocycles. The molecule has 2 N–H and O–H groups in total. The molecule has 0 bridgehead atoms. The Hall–Kier alpha value is -1.29. The molecule has 4 heteroatoms. The summed E-state index contributed by atoms with van der Waals surface area (Å²) in [4.78, 5) is 4.05. The first-order chi connectivity index (χ1) is 6.53. The molecule has 1 heterocycles. The van der Waals surface area contributed by atoms with Gasteiger partial charge in [-0.15, -0.1) is 0 Å². The zero-order valence-corrected chi connectivity index (χ0v) is 8.78. The van der Waals surface area contributed by atoms with Gasteiger partial charge in [-0.1, -0.05) is 0 Å². The Bertz CT molecular complexity index is 294. The van der Waals surface area contributed by atoms with Crippen LogP contribution in [-0.4, -0.2) is 24.2 Å². The fraction of sp³-hybridized carbons (Fsp3) is 0.500. The number of hydrogen-bond donors (Lipinski definition) is 1. The van der Waals surface area contributed by atoms with Crippen LogP contribution >= 0.6 is 0 Å². The summed E-state index contributed by atoms with van der Waals surface area (Å²) in [6, 6.07) is 3.59. The molecular formula is C10H16N2O2. The first-order valence-corrected chi connectivity index (χ1v) is 4.43. The molecule has 0 aliphatic carbocycles. The van der Waals surface area contributed by atoms with Crippen LogP contribution in [0.3, 0.4) is 0 Å². The third-order valence-electron chi connectivity index (χ3n) is 1.54. The fourth-order valence-corrected chi connectivity index (χ4v) is 0.894. The van der Waals surface area contributed by atoms with E-state index in [1.54, 1.807) is 25.4 Å². The van der Waals surface area contributed by atoms with E-state index in [1.807, 2.05) is 13.8 Å². The maximum atomic E-state index is 5.78. The quantitative estimate of drug-likeness (QED) is 0.786. The van der Waals surface area contributed by atoms with Gasteiger partial charge in [0.15, 0.2) is 5.75 Å². The number of rotatable bonds is 4. The van der Waals surface area contributed by atoms with Crippen molar-refractivity contribution in [2.45, 2.75) is 19.4 Å². The number of nitrogens with two attached hydrogens (primary N) is 1. The summed E-state index contributed by atoms with van der Waals surface area (Å²) in [5, 5.41) is 0. The van der Waals surface area contributed by atoms with Crippen LogP contribution in [0.2, 0.25) is 0 Å². The summed E-state index contributed by atoms with van der Waals surface area (Å²) in [5.74, 6) is 1.10. The summed E-state index contributed by atoms with van der Waals surface area (Å²) >= 11 is 0. The van der Waals surface area contributed by atoms with Crippen LogP contribution < -0.4 is 15.2 Å². The highest BCUT2D eigenvalue weighted by Gasteiger charge is 2.13. The fourth-order valence-electron chi connectivity index (χ4n) is 0.894. The van der Waals surface area contributed by atoms with Gasteiger partial charge < -0.3 is 15.2 Å². The molecule has 1 aromatic heterocycles. The van der Waals surface area contributed by atoms with E-state index in [2.05, 4.69) is 4.98 Å². The van der Waals surface area contributed by atoms with Crippen molar-refractivity contribution in [1.29, 1.82) is 0 Å². The van der Waals surface area contributed by atoms with E-state index in [-0.39, 0.29) is 5.54 Å². The lowest BCUT2D eigenvalue weighted by Gasteiger charge is -2.19. The molecule has 1 aromatic rings. The topological polar surface area (TPSA) is 57.4 Å². The van der Waals surface area contributed by atoms with E-state index < -0.39 is 0 Å². The third-order valence-corrected chi connectivity index (χ3v) is 1.54. The molecule has 0 saturated carbocycles. The minimum atomic E-state index is -0.372. The molecular weight excluding hydrogens is 180 g/mol. The van der Waals surface area contributed by atoms with Crippen LogP contribution in [0.5, 0.6) is 11.6 Å². The number of methoxy groups -OCH3 is 1. The summed E-state index contributed by atoms with van der Waals surface area (Å²) in [7, 11) is 1.58. The maximum Gasteiger partial charge on any atom is 0.257 e. The van der Waals surface area contributed by atoms with Crippen molar-refractivity contribution in [3.05, 3.63) is 18.3 Å². The van der Waals surface area contributed by atoms with E-state index in [9.17, 15) is 0 Å². The monoisotopic (exact) mass is 196 g/mol. The van der Waals surface area contributed by atoms with Crippen molar-refractivity contribution < 1.29 is 9.47 Å². The molecule has 0 fully saturated rings. The van der Waals surface area contributed by atoms with E-state index in [0.717, 1.165) is 0 Å². The number of pyridine rings is 1. The van der Waals surface area contributed by atoms with Crippen LogP contribution in [0.25, 0.3) is 0 Å². The maximum absolute atomic E-state index is 5.78. The zero-order valence-electron chi connectivity index (χ0n) is 8.78. The Balaban J connectivity index is 2.67. The van der Waals surface area contributed by atoms with Crippen LogP contribution in [-0.2, 0) is 0 Å². The van der Waals surface area contributed by atoms with Gasteiger partial charge in [0.2, 0.25) is 0 Å². The Kier molecular flexibility index (Phi) is 3.30. The van der Waals surface area contributed by atoms with Gasteiger partial charge in [-0.2, -0.15) is 0 Å². The van der Waals surface area contributed by atoms with Crippen LogP contribution in [0.1, 0.15) is 13.8 Å². The average Bonchev–Trinajstić information content (AvgIpc) is 2.14. The van der Waals surface area contributed by atoms with Gasteiger partial charge in [0.1, 0.15) is 6.61 Å². The van der Waals surface area contributed by atoms with Crippen LogP contribution in [0.4, 0.5) is 0 Å². The normalized spacial score (nSPS) is 11.1. The van der Waals surface area contributed by atoms with Gasteiger partial charge in [-0.3, -0.25) is 0 Å². The van der Waals surface area contributed by atoms with Crippen LogP contribution in [0.15, 0.2) is 18.3 Å². The largest absolute Gasteiger partial charge is 0.491 e. The zero-order chi connectivity index (χ0) is 10.6. The number of ether oxygens (including phenoxy) is 2. The third kappa shape index (κ3) is 3.22. The molecule has 0 amide bonds. The number of aromatic nitrogens is 1. The van der Waals surface area contributed by atoms with Gasteiger partial charge in [0, 0.05) is 11.7 Å². The first-order valence-electron chi connectivity index (χ1n) is 4.43. The predicted molar refractivity (Wildman–Crippen MR) is 54.6 cm³/mol. The second-order valence-electron chi connectivity index (χ2n) is 3.79. The number of hydrogen-bond acceptors (Lipinski definition) is 4. The van der Waals surface area contributed by atoms with Gasteiger partial charge in [0.25, 0.3) is 5.88 Å². The molecule has 0 unspecified atom stereocenters. The van der Waals surface area contributed by atoms with Gasteiger partial charge in [0.05, 0.1) is 7.11 Å². The first kappa shape index (κ1) is 10.8. The van der Waals surface area contributed by atoms with E-state index in [1.165, 1.54) is 0 Å². The van der Waals surface area contributed by atoms with E-state index in [4.69, 9.17) is 15.2 Å². The van der Waals surface area contributed by atoms with E-state index >= 15 is 0 Å². The van der Waals surface area contributed by atoms with Gasteiger partial charge in [-0.25, -0.2) is 4.98 Å². The minimum Gasteiger partial charge on any atom is -0.491 e. The standard InChI is InChI=1S/C10H16N2O2/c1-10(2,11)7-14-9-8(13-3)5-4-6-12-9/h4-6H,7,11H2,1-3H3. The SMILES string of the molecule is COc1cccnc1OCC(C)(C)N.